The van der Waals surface area contributed by atoms with Crippen LogP contribution >= 0.6 is 0 Å². The molecule has 1 atom stereocenters. The Hall–Kier alpha value is -3.08. The molecule has 0 bridgehead atoms. The van der Waals surface area contributed by atoms with E-state index in [1.165, 1.54) is 18.4 Å². The van der Waals surface area contributed by atoms with Crippen molar-refractivity contribution in [3.8, 4) is 0 Å². The second-order valence-electron chi connectivity index (χ2n) is 7.36. The number of carbonyl (C=O) groups excluding carboxylic acids is 1. The van der Waals surface area contributed by atoms with E-state index in [2.05, 4.69) is 52.9 Å². The van der Waals surface area contributed by atoms with E-state index in [4.69, 9.17) is 4.74 Å². The van der Waals surface area contributed by atoms with E-state index in [9.17, 15) is 4.79 Å². The lowest BCUT2D eigenvalue weighted by atomic mass is 10.1. The zero-order valence-electron chi connectivity index (χ0n) is 16.6. The normalized spacial score (nSPS) is 17.0. The van der Waals surface area contributed by atoms with Crippen molar-refractivity contribution < 1.29 is 9.53 Å². The first-order valence-electron chi connectivity index (χ1n) is 9.63. The maximum Gasteiger partial charge on any atom is 0.340 e. The highest BCUT2D eigenvalue weighted by atomic mass is 16.5. The number of hydrogen-bond acceptors (Lipinski definition) is 5. The lowest BCUT2D eigenvalue weighted by molar-refractivity contribution is 0.0602. The molecule has 2 aromatic carbocycles. The Kier molecular flexibility index (Phi) is 4.90. The third kappa shape index (κ3) is 3.28. The summed E-state index contributed by atoms with van der Waals surface area (Å²) in [4.78, 5) is 21.5. The van der Waals surface area contributed by atoms with Crippen LogP contribution in [0.4, 0.5) is 11.5 Å². The van der Waals surface area contributed by atoms with Gasteiger partial charge in [0.2, 0.25) is 0 Å². The van der Waals surface area contributed by atoms with E-state index in [-0.39, 0.29) is 5.97 Å². The zero-order valence-corrected chi connectivity index (χ0v) is 16.6. The number of carbonyl (C=O) groups is 1. The predicted octanol–water partition coefficient (Wildman–Crippen LogP) is 4.04. The summed E-state index contributed by atoms with van der Waals surface area (Å²) < 4.78 is 4.92. The van der Waals surface area contributed by atoms with Gasteiger partial charge in [-0.15, -0.1) is 0 Å². The van der Waals surface area contributed by atoms with Crippen molar-refractivity contribution in [2.24, 2.45) is 0 Å². The van der Waals surface area contributed by atoms with E-state index in [1.54, 1.807) is 6.20 Å². The minimum Gasteiger partial charge on any atom is -0.465 e. The third-order valence-electron chi connectivity index (χ3n) is 5.44. The summed E-state index contributed by atoms with van der Waals surface area (Å²) >= 11 is 0. The van der Waals surface area contributed by atoms with Gasteiger partial charge < -0.3 is 14.5 Å². The summed E-state index contributed by atoms with van der Waals surface area (Å²) in [6.07, 6.45) is 1.64. The van der Waals surface area contributed by atoms with Crippen LogP contribution in [0.2, 0.25) is 0 Å². The lowest BCUT2D eigenvalue weighted by Crippen LogP contribution is -2.52. The number of aryl methyl sites for hydroxylation is 1. The molecule has 144 valence electrons. The van der Waals surface area contributed by atoms with Crippen LogP contribution in [-0.2, 0) is 4.74 Å². The largest absolute Gasteiger partial charge is 0.465 e. The molecule has 1 aromatic heterocycles. The van der Waals surface area contributed by atoms with Crippen molar-refractivity contribution in [1.82, 2.24) is 4.98 Å². The van der Waals surface area contributed by atoms with Gasteiger partial charge in [-0.3, -0.25) is 0 Å². The molecule has 0 aliphatic carbocycles. The molecule has 0 spiro atoms. The molecular formula is C23H25N3O2. The molecule has 3 aromatic rings. The van der Waals surface area contributed by atoms with Gasteiger partial charge in [-0.2, -0.15) is 0 Å². The Labute approximate surface area is 165 Å². The van der Waals surface area contributed by atoms with E-state index in [0.717, 1.165) is 36.2 Å². The molecule has 5 heteroatoms. The standard InChI is InChI=1S/C23H25N3O2/c1-16-7-6-8-18(13-16)26-12-11-25(15-17(26)2)22-20-10-5-4-9-19(20)21(14-24-22)23(27)28-3/h4-10,13-14,17H,11-12,15H2,1-3H3/t17-/m1/s1. The first kappa shape index (κ1) is 18.3. The van der Waals surface area contributed by atoms with Gasteiger partial charge in [0.1, 0.15) is 5.82 Å². The van der Waals surface area contributed by atoms with Gasteiger partial charge >= 0.3 is 5.97 Å². The highest BCUT2D eigenvalue weighted by Gasteiger charge is 2.26. The number of pyridine rings is 1. The fourth-order valence-electron chi connectivity index (χ4n) is 4.04. The number of piperazine rings is 1. The summed E-state index contributed by atoms with van der Waals surface area (Å²) in [5, 5.41) is 1.87. The smallest absolute Gasteiger partial charge is 0.340 e. The first-order valence-corrected chi connectivity index (χ1v) is 9.63. The van der Waals surface area contributed by atoms with Crippen molar-refractivity contribution in [3.05, 3.63) is 65.9 Å². The van der Waals surface area contributed by atoms with E-state index < -0.39 is 0 Å². The molecule has 1 aliphatic rings. The van der Waals surface area contributed by atoms with Gasteiger partial charge in [-0.1, -0.05) is 36.4 Å². The Bertz CT molecular complexity index is 1020. The molecule has 5 nitrogen and oxygen atoms in total. The molecule has 0 radical (unpaired) electrons. The van der Waals surface area contributed by atoms with Crippen molar-refractivity contribution >= 4 is 28.2 Å². The fraction of sp³-hybridized carbons (Fsp3) is 0.304. The summed E-state index contributed by atoms with van der Waals surface area (Å²) in [6, 6.07) is 16.9. The number of hydrogen-bond donors (Lipinski definition) is 0. The van der Waals surface area contributed by atoms with Gasteiger partial charge in [0.25, 0.3) is 0 Å². The molecule has 0 unspecified atom stereocenters. The van der Waals surface area contributed by atoms with Crippen molar-refractivity contribution in [2.45, 2.75) is 19.9 Å². The summed E-state index contributed by atoms with van der Waals surface area (Å²) in [6.45, 7) is 7.07. The van der Waals surface area contributed by atoms with Gasteiger partial charge in [-0.25, -0.2) is 9.78 Å². The Balaban J connectivity index is 1.64. The summed E-state index contributed by atoms with van der Waals surface area (Å²) in [7, 11) is 1.40. The fourth-order valence-corrected chi connectivity index (χ4v) is 4.04. The predicted molar refractivity (Wildman–Crippen MR) is 113 cm³/mol. The molecule has 4 rings (SSSR count). The average Bonchev–Trinajstić information content (AvgIpc) is 2.72. The highest BCUT2D eigenvalue weighted by molar-refractivity contribution is 6.07. The molecule has 2 heterocycles. The molecule has 1 saturated heterocycles. The number of aromatic nitrogens is 1. The number of anilines is 2. The van der Waals surface area contributed by atoms with Gasteiger partial charge in [0, 0.05) is 48.3 Å². The summed E-state index contributed by atoms with van der Waals surface area (Å²) in [5.74, 6) is 0.576. The Morgan fingerprint density at radius 1 is 1.11 bits per heavy atom. The lowest BCUT2D eigenvalue weighted by Gasteiger charge is -2.42. The van der Waals surface area contributed by atoms with Crippen LogP contribution in [0.3, 0.4) is 0 Å². The highest BCUT2D eigenvalue weighted by Crippen LogP contribution is 2.30. The van der Waals surface area contributed by atoms with Gasteiger partial charge in [0.05, 0.1) is 12.7 Å². The van der Waals surface area contributed by atoms with Gasteiger partial charge in [0.15, 0.2) is 0 Å². The van der Waals surface area contributed by atoms with Crippen LogP contribution in [0.15, 0.2) is 54.7 Å². The summed E-state index contributed by atoms with van der Waals surface area (Å²) in [5.41, 5.74) is 3.05. The second kappa shape index (κ2) is 7.50. The van der Waals surface area contributed by atoms with Gasteiger partial charge in [-0.05, 0) is 31.5 Å². The van der Waals surface area contributed by atoms with Crippen molar-refractivity contribution in [2.75, 3.05) is 36.5 Å². The molecule has 0 saturated carbocycles. The van der Waals surface area contributed by atoms with Crippen LogP contribution in [0.5, 0.6) is 0 Å². The molecule has 28 heavy (non-hydrogen) atoms. The minimum atomic E-state index is -0.354. The minimum absolute atomic E-state index is 0.354. The van der Waals surface area contributed by atoms with Crippen LogP contribution in [-0.4, -0.2) is 43.7 Å². The number of fused-ring (bicyclic) bond motifs is 1. The number of nitrogens with zero attached hydrogens (tertiary/aromatic N) is 3. The maximum absolute atomic E-state index is 12.1. The second-order valence-corrected chi connectivity index (χ2v) is 7.36. The quantitative estimate of drug-likeness (QED) is 0.647. The van der Waals surface area contributed by atoms with Crippen LogP contribution in [0.1, 0.15) is 22.8 Å². The molecular weight excluding hydrogens is 350 g/mol. The zero-order chi connectivity index (χ0) is 19.7. The molecule has 1 fully saturated rings. The van der Waals surface area contributed by atoms with Crippen molar-refractivity contribution in [1.29, 1.82) is 0 Å². The number of benzene rings is 2. The monoisotopic (exact) mass is 375 g/mol. The van der Waals surface area contributed by atoms with Crippen LogP contribution in [0.25, 0.3) is 10.8 Å². The first-order chi connectivity index (χ1) is 13.6. The Morgan fingerprint density at radius 3 is 2.61 bits per heavy atom. The number of methoxy groups -OCH3 is 1. The Morgan fingerprint density at radius 2 is 1.89 bits per heavy atom. The number of rotatable bonds is 3. The maximum atomic E-state index is 12.1. The topological polar surface area (TPSA) is 45.7 Å². The van der Waals surface area contributed by atoms with E-state index in [0.29, 0.717) is 11.6 Å². The molecule has 0 amide bonds. The van der Waals surface area contributed by atoms with E-state index >= 15 is 0 Å². The van der Waals surface area contributed by atoms with Crippen LogP contribution in [0, 0.1) is 6.92 Å². The average molecular weight is 375 g/mol. The van der Waals surface area contributed by atoms with E-state index in [1.807, 2.05) is 24.3 Å². The number of ether oxygens (including phenoxy) is 1. The molecule has 0 N–H and O–H groups in total. The third-order valence-corrected chi connectivity index (χ3v) is 5.44. The molecule has 1 aliphatic heterocycles. The number of esters is 1. The SMILES string of the molecule is COC(=O)c1cnc(N2CCN(c3cccc(C)c3)[C@H](C)C2)c2ccccc12. The van der Waals surface area contributed by atoms with Crippen molar-refractivity contribution in [3.63, 3.8) is 0 Å². The van der Waals surface area contributed by atoms with Crippen LogP contribution < -0.4 is 9.80 Å².